The molecule has 0 fully saturated rings. The summed E-state index contributed by atoms with van der Waals surface area (Å²) in [5.74, 6) is -0.348. The van der Waals surface area contributed by atoms with Crippen molar-refractivity contribution in [1.82, 2.24) is 0 Å². The van der Waals surface area contributed by atoms with Gasteiger partial charge in [0.05, 0.1) is 5.92 Å². The molecule has 0 bridgehead atoms. The minimum Gasteiger partial charge on any atom is -0.481 e. The number of hydrogen-bond acceptors (Lipinski definition) is 1. The smallest absolute Gasteiger partial charge is 0.306 e. The van der Waals surface area contributed by atoms with E-state index in [1.54, 1.807) is 0 Å². The van der Waals surface area contributed by atoms with Gasteiger partial charge >= 0.3 is 5.97 Å². The molecule has 0 saturated carbocycles. The van der Waals surface area contributed by atoms with E-state index in [0.29, 0.717) is 12.3 Å². The number of allylic oxidation sites excluding steroid dienone is 2. The fourth-order valence-electron chi connectivity index (χ4n) is 1.44. The molecule has 0 heterocycles. The standard InChI is InChI=1S/C9H14O2/c1-6-3-4-8(9(10)11)5-7(6)2/h3,7-8H,4-5H2,1-2H3,(H,10,11)/t7?,8-/m0/s1. The molecule has 0 aromatic rings. The summed E-state index contributed by atoms with van der Waals surface area (Å²) in [5, 5.41) is 8.71. The van der Waals surface area contributed by atoms with E-state index in [2.05, 4.69) is 13.8 Å². The third-order valence-corrected chi connectivity index (χ3v) is 2.49. The molecule has 2 nitrogen and oxygen atoms in total. The maximum Gasteiger partial charge on any atom is 0.306 e. The zero-order chi connectivity index (χ0) is 8.43. The number of carboxylic acids is 1. The number of rotatable bonds is 1. The first kappa shape index (κ1) is 8.31. The van der Waals surface area contributed by atoms with Crippen molar-refractivity contribution in [2.24, 2.45) is 11.8 Å². The highest BCUT2D eigenvalue weighted by Gasteiger charge is 2.23. The van der Waals surface area contributed by atoms with Crippen molar-refractivity contribution in [3.63, 3.8) is 0 Å². The van der Waals surface area contributed by atoms with E-state index in [-0.39, 0.29) is 5.92 Å². The Morgan fingerprint density at radius 2 is 2.36 bits per heavy atom. The van der Waals surface area contributed by atoms with E-state index < -0.39 is 5.97 Å². The molecule has 2 heteroatoms. The predicted octanol–water partition coefficient (Wildman–Crippen LogP) is 2.06. The van der Waals surface area contributed by atoms with E-state index >= 15 is 0 Å². The van der Waals surface area contributed by atoms with E-state index in [4.69, 9.17) is 5.11 Å². The van der Waals surface area contributed by atoms with Crippen molar-refractivity contribution in [2.75, 3.05) is 0 Å². The Morgan fingerprint density at radius 1 is 1.73 bits per heavy atom. The highest BCUT2D eigenvalue weighted by atomic mass is 16.4. The zero-order valence-corrected chi connectivity index (χ0v) is 7.00. The number of carboxylic acid groups (broad SMARTS) is 1. The highest BCUT2D eigenvalue weighted by molar-refractivity contribution is 5.70. The summed E-state index contributed by atoms with van der Waals surface area (Å²) >= 11 is 0. The fraction of sp³-hybridized carbons (Fsp3) is 0.667. The maximum absolute atomic E-state index is 10.6. The maximum atomic E-state index is 10.6. The summed E-state index contributed by atoms with van der Waals surface area (Å²) in [4.78, 5) is 10.6. The van der Waals surface area contributed by atoms with Gasteiger partial charge in [0.2, 0.25) is 0 Å². The van der Waals surface area contributed by atoms with Crippen molar-refractivity contribution in [3.05, 3.63) is 11.6 Å². The molecule has 1 unspecified atom stereocenters. The minimum absolute atomic E-state index is 0.145. The van der Waals surface area contributed by atoms with Crippen molar-refractivity contribution in [2.45, 2.75) is 26.7 Å². The average molecular weight is 154 g/mol. The lowest BCUT2D eigenvalue weighted by atomic mass is 9.83. The molecule has 1 N–H and O–H groups in total. The Hall–Kier alpha value is -0.790. The second-order valence-corrected chi connectivity index (χ2v) is 3.36. The topological polar surface area (TPSA) is 37.3 Å². The van der Waals surface area contributed by atoms with E-state index in [1.165, 1.54) is 5.57 Å². The second kappa shape index (κ2) is 3.07. The average Bonchev–Trinajstić information content (AvgIpc) is 1.94. The third kappa shape index (κ3) is 1.82. The summed E-state index contributed by atoms with van der Waals surface area (Å²) in [6.45, 7) is 4.16. The molecule has 0 spiro atoms. The van der Waals surface area contributed by atoms with Crippen LogP contribution < -0.4 is 0 Å². The monoisotopic (exact) mass is 154 g/mol. The number of carbonyl (C=O) groups is 1. The van der Waals surface area contributed by atoms with Crippen LogP contribution in [-0.4, -0.2) is 11.1 Å². The van der Waals surface area contributed by atoms with Gasteiger partial charge in [-0.15, -0.1) is 0 Å². The zero-order valence-electron chi connectivity index (χ0n) is 7.00. The summed E-state index contributed by atoms with van der Waals surface area (Å²) in [7, 11) is 0. The van der Waals surface area contributed by atoms with Crippen LogP contribution in [0.25, 0.3) is 0 Å². The summed E-state index contributed by atoms with van der Waals surface area (Å²) in [6, 6.07) is 0. The molecule has 0 amide bonds. The minimum atomic E-state index is -0.652. The molecule has 0 aromatic heterocycles. The van der Waals surface area contributed by atoms with Crippen LogP contribution in [0.3, 0.4) is 0 Å². The van der Waals surface area contributed by atoms with Crippen molar-refractivity contribution < 1.29 is 9.90 Å². The lowest BCUT2D eigenvalue weighted by Gasteiger charge is -2.22. The molecule has 11 heavy (non-hydrogen) atoms. The van der Waals surface area contributed by atoms with Crippen LogP contribution >= 0.6 is 0 Å². The van der Waals surface area contributed by atoms with Crippen molar-refractivity contribution in [3.8, 4) is 0 Å². The van der Waals surface area contributed by atoms with Gasteiger partial charge in [0.1, 0.15) is 0 Å². The Labute approximate surface area is 66.9 Å². The fourth-order valence-corrected chi connectivity index (χ4v) is 1.44. The first-order valence-electron chi connectivity index (χ1n) is 4.00. The van der Waals surface area contributed by atoms with Gasteiger partial charge in [-0.2, -0.15) is 0 Å². The number of aliphatic carboxylic acids is 1. The molecule has 0 aromatic carbocycles. The summed E-state index contributed by atoms with van der Waals surface area (Å²) in [5.41, 5.74) is 1.34. The summed E-state index contributed by atoms with van der Waals surface area (Å²) in [6.07, 6.45) is 3.57. The van der Waals surface area contributed by atoms with Crippen LogP contribution in [0, 0.1) is 11.8 Å². The Bertz CT molecular complexity index is 194. The molecule has 62 valence electrons. The Kier molecular flexibility index (Phi) is 2.32. The van der Waals surface area contributed by atoms with Gasteiger partial charge in [-0.1, -0.05) is 18.6 Å². The normalized spacial score (nSPS) is 31.3. The number of hydrogen-bond donors (Lipinski definition) is 1. The van der Waals surface area contributed by atoms with Crippen LogP contribution in [0.1, 0.15) is 26.7 Å². The summed E-state index contributed by atoms with van der Waals surface area (Å²) < 4.78 is 0. The van der Waals surface area contributed by atoms with Gasteiger partial charge in [-0.3, -0.25) is 4.79 Å². The Balaban J connectivity index is 2.62. The molecule has 0 saturated heterocycles. The van der Waals surface area contributed by atoms with E-state index in [0.717, 1.165) is 6.42 Å². The van der Waals surface area contributed by atoms with Gasteiger partial charge in [0.15, 0.2) is 0 Å². The second-order valence-electron chi connectivity index (χ2n) is 3.36. The molecule has 1 rings (SSSR count). The lowest BCUT2D eigenvalue weighted by Crippen LogP contribution is -2.20. The quantitative estimate of drug-likeness (QED) is 0.587. The van der Waals surface area contributed by atoms with Crippen LogP contribution in [0.2, 0.25) is 0 Å². The molecule has 1 aliphatic rings. The highest BCUT2D eigenvalue weighted by Crippen LogP contribution is 2.28. The molecule has 0 aliphatic heterocycles. The molecular formula is C9H14O2. The molecule has 1 aliphatic carbocycles. The first-order valence-corrected chi connectivity index (χ1v) is 4.00. The molecule has 0 radical (unpaired) electrons. The van der Waals surface area contributed by atoms with Crippen LogP contribution in [0.5, 0.6) is 0 Å². The lowest BCUT2D eigenvalue weighted by molar-refractivity contribution is -0.142. The van der Waals surface area contributed by atoms with Crippen molar-refractivity contribution in [1.29, 1.82) is 0 Å². The van der Waals surface area contributed by atoms with Gasteiger partial charge in [-0.05, 0) is 25.7 Å². The third-order valence-electron chi connectivity index (χ3n) is 2.49. The van der Waals surface area contributed by atoms with Gasteiger partial charge in [0, 0.05) is 0 Å². The van der Waals surface area contributed by atoms with E-state index in [1.807, 2.05) is 6.08 Å². The van der Waals surface area contributed by atoms with Crippen LogP contribution in [-0.2, 0) is 4.79 Å². The largest absolute Gasteiger partial charge is 0.481 e. The first-order chi connectivity index (χ1) is 5.11. The SMILES string of the molecule is CC1=CC[C@H](C(=O)O)CC1C. The van der Waals surface area contributed by atoms with Gasteiger partial charge in [0.25, 0.3) is 0 Å². The molecular weight excluding hydrogens is 140 g/mol. The Morgan fingerprint density at radius 3 is 2.82 bits per heavy atom. The predicted molar refractivity (Wildman–Crippen MR) is 43.3 cm³/mol. The van der Waals surface area contributed by atoms with Crippen LogP contribution in [0.15, 0.2) is 11.6 Å². The van der Waals surface area contributed by atoms with Gasteiger partial charge < -0.3 is 5.11 Å². The van der Waals surface area contributed by atoms with Crippen LogP contribution in [0.4, 0.5) is 0 Å². The van der Waals surface area contributed by atoms with Gasteiger partial charge in [-0.25, -0.2) is 0 Å². The molecule has 2 atom stereocenters. The van der Waals surface area contributed by atoms with E-state index in [9.17, 15) is 4.79 Å². The van der Waals surface area contributed by atoms with Crippen molar-refractivity contribution >= 4 is 5.97 Å².